The lowest BCUT2D eigenvalue weighted by Crippen LogP contribution is -2.58. The van der Waals surface area contributed by atoms with Crippen LogP contribution in [0.5, 0.6) is 0 Å². The Kier molecular flexibility index (Phi) is 5.66. The van der Waals surface area contributed by atoms with Gasteiger partial charge in [-0.15, -0.1) is 11.3 Å². The number of rotatable bonds is 5. The van der Waals surface area contributed by atoms with E-state index >= 15 is 0 Å². The average Bonchev–Trinajstić information content (AvgIpc) is 2.84. The fourth-order valence-corrected chi connectivity index (χ4v) is 5.98. The minimum absolute atomic E-state index is 0.236. The monoisotopic (exact) mass is 345 g/mol. The van der Waals surface area contributed by atoms with Crippen molar-refractivity contribution in [2.24, 2.45) is 0 Å². The second-order valence-corrected chi connectivity index (χ2v) is 9.88. The highest BCUT2D eigenvalue weighted by Gasteiger charge is 2.36. The Balaban J connectivity index is 2.10. The maximum absolute atomic E-state index is 12.8. The minimum atomic E-state index is -3.35. The van der Waals surface area contributed by atoms with E-state index in [2.05, 4.69) is 37.7 Å². The van der Waals surface area contributed by atoms with Crippen LogP contribution in [0.4, 0.5) is 0 Å². The minimum Gasteiger partial charge on any atom is -0.308 e. The Morgan fingerprint density at radius 2 is 1.82 bits per heavy atom. The van der Waals surface area contributed by atoms with Crippen LogP contribution in [0.25, 0.3) is 0 Å². The predicted molar refractivity (Wildman–Crippen MR) is 92.0 cm³/mol. The van der Waals surface area contributed by atoms with Crippen LogP contribution < -0.4 is 0 Å². The van der Waals surface area contributed by atoms with Crippen molar-refractivity contribution in [3.63, 3.8) is 0 Å². The summed E-state index contributed by atoms with van der Waals surface area (Å²) < 4.78 is 27.7. The first-order chi connectivity index (χ1) is 10.2. The van der Waals surface area contributed by atoms with Gasteiger partial charge in [-0.05, 0) is 47.0 Å². The van der Waals surface area contributed by atoms with Gasteiger partial charge in [-0.2, -0.15) is 4.31 Å². The maximum Gasteiger partial charge on any atom is 0.252 e. The van der Waals surface area contributed by atoms with E-state index in [4.69, 9.17) is 0 Å². The summed E-state index contributed by atoms with van der Waals surface area (Å²) in [4.78, 5) is 5.60. The van der Waals surface area contributed by atoms with Crippen LogP contribution in [0.2, 0.25) is 0 Å². The van der Waals surface area contributed by atoms with Crippen LogP contribution in [-0.4, -0.2) is 74.9 Å². The molecule has 1 aliphatic heterocycles. The Morgan fingerprint density at radius 3 is 2.27 bits per heavy atom. The van der Waals surface area contributed by atoms with Gasteiger partial charge in [0, 0.05) is 43.1 Å². The van der Waals surface area contributed by atoms with Crippen molar-refractivity contribution in [2.45, 2.75) is 37.1 Å². The lowest BCUT2D eigenvalue weighted by Gasteiger charge is -2.44. The highest BCUT2D eigenvalue weighted by molar-refractivity contribution is 7.91. The summed E-state index contributed by atoms with van der Waals surface area (Å²) in [7, 11) is 0.782. The third kappa shape index (κ3) is 3.89. The van der Waals surface area contributed by atoms with Gasteiger partial charge in [0.05, 0.1) is 0 Å². The van der Waals surface area contributed by atoms with E-state index in [9.17, 15) is 8.42 Å². The first-order valence-corrected chi connectivity index (χ1v) is 9.94. The molecule has 1 saturated heterocycles. The number of aryl methyl sites for hydroxylation is 1. The third-order valence-electron chi connectivity index (χ3n) is 4.18. The van der Waals surface area contributed by atoms with Crippen LogP contribution in [0, 0.1) is 6.92 Å². The maximum atomic E-state index is 12.8. The van der Waals surface area contributed by atoms with Crippen molar-refractivity contribution in [1.29, 1.82) is 0 Å². The quantitative estimate of drug-likeness (QED) is 0.815. The van der Waals surface area contributed by atoms with E-state index in [1.54, 1.807) is 10.4 Å². The second-order valence-electron chi connectivity index (χ2n) is 6.43. The average molecular weight is 346 g/mol. The Bertz CT molecular complexity index is 586. The number of likely N-dealkylation sites (N-methyl/N-ethyl adjacent to an activating group) is 1. The van der Waals surface area contributed by atoms with E-state index in [1.807, 2.05) is 13.0 Å². The summed E-state index contributed by atoms with van der Waals surface area (Å²) >= 11 is 1.36. The van der Waals surface area contributed by atoms with Gasteiger partial charge >= 0.3 is 0 Å². The Hall–Kier alpha value is -0.470. The van der Waals surface area contributed by atoms with Crippen molar-refractivity contribution >= 4 is 21.4 Å². The molecule has 0 radical (unpaired) electrons. The van der Waals surface area contributed by atoms with Gasteiger partial charge in [-0.25, -0.2) is 8.42 Å². The molecule has 7 heteroatoms. The number of thiophene rings is 1. The van der Waals surface area contributed by atoms with Crippen LogP contribution in [0.1, 0.15) is 18.7 Å². The van der Waals surface area contributed by atoms with Crippen molar-refractivity contribution in [1.82, 2.24) is 14.1 Å². The molecule has 2 atom stereocenters. The van der Waals surface area contributed by atoms with E-state index in [0.29, 0.717) is 17.3 Å². The van der Waals surface area contributed by atoms with Crippen molar-refractivity contribution in [3.8, 4) is 0 Å². The van der Waals surface area contributed by atoms with Gasteiger partial charge in [0.15, 0.2) is 0 Å². The van der Waals surface area contributed by atoms with E-state index in [-0.39, 0.29) is 12.1 Å². The molecule has 1 aromatic heterocycles. The van der Waals surface area contributed by atoms with Gasteiger partial charge in [0.2, 0.25) is 0 Å². The largest absolute Gasteiger partial charge is 0.308 e. The molecule has 1 aliphatic rings. The zero-order valence-electron chi connectivity index (χ0n) is 14.1. The molecule has 0 N–H and O–H groups in total. The van der Waals surface area contributed by atoms with Gasteiger partial charge in [-0.3, -0.25) is 4.90 Å². The van der Waals surface area contributed by atoms with E-state index < -0.39 is 10.0 Å². The third-order valence-corrected chi connectivity index (χ3v) is 7.48. The van der Waals surface area contributed by atoms with Gasteiger partial charge in [0.25, 0.3) is 10.0 Å². The number of hydrogen-bond acceptors (Lipinski definition) is 5. The molecule has 2 heterocycles. The molecule has 2 unspecified atom stereocenters. The topological polar surface area (TPSA) is 43.9 Å². The first kappa shape index (κ1) is 17.9. The number of sulfonamides is 1. The van der Waals surface area contributed by atoms with Crippen LogP contribution in [0.15, 0.2) is 16.3 Å². The standard InChI is InChI=1S/C15H27N3O2S2/c1-12-10-17(11-13(2)18(12)9-8-16(4)5)22(19,20)15-7-6-14(3)21-15/h6-7,12-13H,8-11H2,1-5H3. The molecule has 2 rings (SSSR count). The molecule has 0 spiro atoms. The predicted octanol–water partition coefficient (Wildman–Crippen LogP) is 1.70. The summed E-state index contributed by atoms with van der Waals surface area (Å²) in [5.74, 6) is 0. The SMILES string of the molecule is Cc1ccc(S(=O)(=O)N2CC(C)N(CCN(C)C)C(C)C2)s1. The molecular formula is C15H27N3O2S2. The molecule has 1 fully saturated rings. The summed E-state index contributed by atoms with van der Waals surface area (Å²) in [5.41, 5.74) is 0. The number of nitrogens with zero attached hydrogens (tertiary/aromatic N) is 3. The molecule has 22 heavy (non-hydrogen) atoms. The molecule has 1 aromatic rings. The molecule has 0 aromatic carbocycles. The molecular weight excluding hydrogens is 318 g/mol. The van der Waals surface area contributed by atoms with Crippen molar-refractivity contribution in [3.05, 3.63) is 17.0 Å². The molecule has 126 valence electrons. The van der Waals surface area contributed by atoms with Gasteiger partial charge in [-0.1, -0.05) is 0 Å². The second kappa shape index (κ2) is 6.97. The lowest BCUT2D eigenvalue weighted by atomic mass is 10.1. The fourth-order valence-electron chi connectivity index (χ4n) is 2.94. The highest BCUT2D eigenvalue weighted by atomic mass is 32.2. The molecule has 0 amide bonds. The Morgan fingerprint density at radius 1 is 1.23 bits per heavy atom. The van der Waals surface area contributed by atoms with Crippen LogP contribution in [-0.2, 0) is 10.0 Å². The van der Waals surface area contributed by atoms with Gasteiger partial charge in [0.1, 0.15) is 4.21 Å². The number of piperazine rings is 1. The van der Waals surface area contributed by atoms with E-state index in [1.165, 1.54) is 11.3 Å². The summed E-state index contributed by atoms with van der Waals surface area (Å²) in [6, 6.07) is 4.07. The lowest BCUT2D eigenvalue weighted by molar-refractivity contribution is 0.0709. The zero-order valence-corrected chi connectivity index (χ0v) is 15.7. The molecule has 0 bridgehead atoms. The summed E-state index contributed by atoms with van der Waals surface area (Å²) in [6.45, 7) is 9.27. The summed E-state index contributed by atoms with van der Waals surface area (Å²) in [6.07, 6.45) is 0. The smallest absolute Gasteiger partial charge is 0.252 e. The summed E-state index contributed by atoms with van der Waals surface area (Å²) in [5, 5.41) is 0. The normalized spacial score (nSPS) is 25.0. The van der Waals surface area contributed by atoms with E-state index in [0.717, 1.165) is 18.0 Å². The molecule has 5 nitrogen and oxygen atoms in total. The van der Waals surface area contributed by atoms with Crippen molar-refractivity contribution in [2.75, 3.05) is 40.3 Å². The zero-order chi connectivity index (χ0) is 16.5. The van der Waals surface area contributed by atoms with Crippen LogP contribution in [0.3, 0.4) is 0 Å². The fraction of sp³-hybridized carbons (Fsp3) is 0.733. The number of hydrogen-bond donors (Lipinski definition) is 0. The van der Waals surface area contributed by atoms with Crippen LogP contribution >= 0.6 is 11.3 Å². The van der Waals surface area contributed by atoms with Crippen molar-refractivity contribution < 1.29 is 8.42 Å². The first-order valence-electron chi connectivity index (χ1n) is 7.69. The Labute approximate surface area is 138 Å². The molecule has 0 aliphatic carbocycles. The highest BCUT2D eigenvalue weighted by Crippen LogP contribution is 2.27. The molecule has 0 saturated carbocycles. The van der Waals surface area contributed by atoms with Gasteiger partial charge < -0.3 is 4.90 Å².